The van der Waals surface area contributed by atoms with E-state index in [4.69, 9.17) is 10.5 Å². The highest BCUT2D eigenvalue weighted by Gasteiger charge is 2.22. The molecule has 2 rings (SSSR count). The molecule has 0 aromatic heterocycles. The molecule has 1 aromatic carbocycles. The van der Waals surface area contributed by atoms with Gasteiger partial charge in [0.25, 0.3) is 0 Å². The molecule has 94 valence electrons. The molecule has 1 aliphatic heterocycles. The second kappa shape index (κ2) is 4.87. The number of nitrogens with two attached hydrogens (primary N) is 1. The Labute approximate surface area is 99.2 Å². The zero-order chi connectivity index (χ0) is 12.4. The number of hydrogen-bond acceptors (Lipinski definition) is 3. The van der Waals surface area contributed by atoms with Crippen LogP contribution in [-0.2, 0) is 4.74 Å². The lowest BCUT2D eigenvalue weighted by Gasteiger charge is -2.34. The van der Waals surface area contributed by atoms with Gasteiger partial charge >= 0.3 is 0 Å². The van der Waals surface area contributed by atoms with Gasteiger partial charge in [-0.2, -0.15) is 0 Å². The van der Waals surface area contributed by atoms with Crippen LogP contribution in [0.25, 0.3) is 0 Å². The van der Waals surface area contributed by atoms with Gasteiger partial charge in [-0.05, 0) is 12.8 Å². The third-order valence-electron chi connectivity index (χ3n) is 3.12. The molecular formula is C12H16F2N2O. The number of methoxy groups -OCH3 is 1. The minimum atomic E-state index is -0.911. The summed E-state index contributed by atoms with van der Waals surface area (Å²) >= 11 is 0. The van der Waals surface area contributed by atoms with E-state index in [2.05, 4.69) is 0 Å². The maximum atomic E-state index is 13.2. The molecule has 1 unspecified atom stereocenters. The summed E-state index contributed by atoms with van der Waals surface area (Å²) in [5.41, 5.74) is 6.53. The van der Waals surface area contributed by atoms with Crippen molar-refractivity contribution in [2.24, 2.45) is 0 Å². The van der Waals surface area contributed by atoms with Crippen LogP contribution in [-0.4, -0.2) is 26.3 Å². The van der Waals surface area contributed by atoms with Gasteiger partial charge in [-0.1, -0.05) is 0 Å². The molecule has 0 spiro atoms. The van der Waals surface area contributed by atoms with Crippen LogP contribution in [0.15, 0.2) is 12.1 Å². The minimum absolute atomic E-state index is 0.122. The monoisotopic (exact) mass is 242 g/mol. The average Bonchev–Trinajstić information content (AvgIpc) is 2.34. The molecule has 1 heterocycles. The standard InChI is InChI=1S/C12H16F2N2O/c1-17-8-3-2-4-16(7-8)12-6-10(14)9(13)5-11(12)15/h5-6,8H,2-4,7,15H2,1H3. The molecule has 1 fully saturated rings. The van der Waals surface area contributed by atoms with Crippen molar-refractivity contribution in [2.45, 2.75) is 18.9 Å². The van der Waals surface area contributed by atoms with E-state index in [0.29, 0.717) is 12.2 Å². The Balaban J connectivity index is 2.24. The van der Waals surface area contributed by atoms with Gasteiger partial charge < -0.3 is 15.4 Å². The van der Waals surface area contributed by atoms with Crippen molar-refractivity contribution in [1.82, 2.24) is 0 Å². The molecule has 1 aromatic rings. The number of benzene rings is 1. The van der Waals surface area contributed by atoms with Crippen molar-refractivity contribution < 1.29 is 13.5 Å². The third-order valence-corrected chi connectivity index (χ3v) is 3.12. The molecule has 1 atom stereocenters. The Kier molecular flexibility index (Phi) is 3.47. The van der Waals surface area contributed by atoms with Gasteiger partial charge in [0.1, 0.15) is 0 Å². The zero-order valence-corrected chi connectivity index (χ0v) is 9.75. The van der Waals surface area contributed by atoms with Crippen LogP contribution in [0.4, 0.5) is 20.2 Å². The highest BCUT2D eigenvalue weighted by Crippen LogP contribution is 2.29. The molecule has 2 N–H and O–H groups in total. The first-order chi connectivity index (χ1) is 8.11. The van der Waals surface area contributed by atoms with E-state index in [-0.39, 0.29) is 11.8 Å². The van der Waals surface area contributed by atoms with Crippen LogP contribution in [0, 0.1) is 11.6 Å². The lowest BCUT2D eigenvalue weighted by molar-refractivity contribution is 0.0893. The normalized spacial score (nSPS) is 20.6. The van der Waals surface area contributed by atoms with E-state index in [9.17, 15) is 8.78 Å². The van der Waals surface area contributed by atoms with Crippen LogP contribution in [0.2, 0.25) is 0 Å². The molecule has 1 saturated heterocycles. The molecule has 0 bridgehead atoms. The Morgan fingerprint density at radius 1 is 1.35 bits per heavy atom. The molecular weight excluding hydrogens is 226 g/mol. The summed E-state index contributed by atoms with van der Waals surface area (Å²) in [4.78, 5) is 1.94. The maximum Gasteiger partial charge on any atom is 0.161 e. The molecule has 0 radical (unpaired) electrons. The van der Waals surface area contributed by atoms with E-state index in [1.165, 1.54) is 0 Å². The maximum absolute atomic E-state index is 13.2. The Morgan fingerprint density at radius 3 is 2.76 bits per heavy atom. The molecule has 17 heavy (non-hydrogen) atoms. The lowest BCUT2D eigenvalue weighted by Crippen LogP contribution is -2.39. The van der Waals surface area contributed by atoms with Gasteiger partial charge in [0.15, 0.2) is 11.6 Å². The van der Waals surface area contributed by atoms with Gasteiger partial charge in [0.05, 0.1) is 17.5 Å². The smallest absolute Gasteiger partial charge is 0.161 e. The third kappa shape index (κ3) is 2.49. The fraction of sp³-hybridized carbons (Fsp3) is 0.500. The molecule has 5 heteroatoms. The van der Waals surface area contributed by atoms with Crippen molar-refractivity contribution in [1.29, 1.82) is 0 Å². The average molecular weight is 242 g/mol. The number of nitrogens with zero attached hydrogens (tertiary/aromatic N) is 1. The summed E-state index contributed by atoms with van der Waals surface area (Å²) in [6.07, 6.45) is 2.06. The lowest BCUT2D eigenvalue weighted by atomic mass is 10.1. The van der Waals surface area contributed by atoms with Crippen LogP contribution in [0.3, 0.4) is 0 Å². The number of rotatable bonds is 2. The van der Waals surface area contributed by atoms with Gasteiger partial charge in [-0.15, -0.1) is 0 Å². The molecule has 0 aliphatic carbocycles. The Bertz CT molecular complexity index is 412. The van der Waals surface area contributed by atoms with Crippen molar-refractivity contribution >= 4 is 11.4 Å². The molecule has 3 nitrogen and oxygen atoms in total. The highest BCUT2D eigenvalue weighted by molar-refractivity contribution is 5.68. The van der Waals surface area contributed by atoms with Crippen molar-refractivity contribution in [3.63, 3.8) is 0 Å². The van der Waals surface area contributed by atoms with Crippen LogP contribution < -0.4 is 10.6 Å². The fourth-order valence-electron chi connectivity index (χ4n) is 2.17. The summed E-state index contributed by atoms with van der Waals surface area (Å²) in [7, 11) is 1.66. The van der Waals surface area contributed by atoms with Gasteiger partial charge in [0, 0.05) is 32.3 Å². The fourth-order valence-corrected chi connectivity index (χ4v) is 2.17. The van der Waals surface area contributed by atoms with Gasteiger partial charge in [0.2, 0.25) is 0 Å². The second-order valence-corrected chi connectivity index (χ2v) is 4.27. The summed E-state index contributed by atoms with van der Waals surface area (Å²) < 4.78 is 31.5. The number of hydrogen-bond donors (Lipinski definition) is 1. The summed E-state index contributed by atoms with van der Waals surface area (Å²) in [5.74, 6) is -1.78. The largest absolute Gasteiger partial charge is 0.397 e. The van der Waals surface area contributed by atoms with E-state index in [0.717, 1.165) is 31.5 Å². The molecule has 0 amide bonds. The van der Waals surface area contributed by atoms with Crippen LogP contribution in [0.5, 0.6) is 0 Å². The first-order valence-corrected chi connectivity index (χ1v) is 5.64. The first-order valence-electron chi connectivity index (χ1n) is 5.64. The summed E-state index contributed by atoms with van der Waals surface area (Å²) in [5, 5.41) is 0. The van der Waals surface area contributed by atoms with Crippen LogP contribution in [0.1, 0.15) is 12.8 Å². The zero-order valence-electron chi connectivity index (χ0n) is 9.75. The topological polar surface area (TPSA) is 38.5 Å². The highest BCUT2D eigenvalue weighted by atomic mass is 19.2. The summed E-state index contributed by atoms with van der Waals surface area (Å²) in [6.45, 7) is 1.45. The predicted molar refractivity (Wildman–Crippen MR) is 63.0 cm³/mol. The second-order valence-electron chi connectivity index (χ2n) is 4.27. The molecule has 1 aliphatic rings. The number of ether oxygens (including phenoxy) is 1. The van der Waals surface area contributed by atoms with Gasteiger partial charge in [-0.25, -0.2) is 8.78 Å². The minimum Gasteiger partial charge on any atom is -0.397 e. The first kappa shape index (κ1) is 12.1. The van der Waals surface area contributed by atoms with E-state index < -0.39 is 11.6 Å². The number of anilines is 2. The number of nitrogen functional groups attached to an aromatic ring is 1. The Hall–Kier alpha value is -1.36. The van der Waals surface area contributed by atoms with E-state index >= 15 is 0 Å². The van der Waals surface area contributed by atoms with Crippen LogP contribution >= 0.6 is 0 Å². The van der Waals surface area contributed by atoms with Crippen molar-refractivity contribution in [3.05, 3.63) is 23.8 Å². The predicted octanol–water partition coefficient (Wildman–Crippen LogP) is 2.16. The van der Waals surface area contributed by atoms with Crippen molar-refractivity contribution in [3.8, 4) is 0 Å². The summed E-state index contributed by atoms with van der Waals surface area (Å²) in [6, 6.07) is 2.18. The Morgan fingerprint density at radius 2 is 2.06 bits per heavy atom. The SMILES string of the molecule is COC1CCCN(c2cc(F)c(F)cc2N)C1. The number of piperidine rings is 1. The van der Waals surface area contributed by atoms with Crippen molar-refractivity contribution in [2.75, 3.05) is 30.8 Å². The van der Waals surface area contributed by atoms with Gasteiger partial charge in [-0.3, -0.25) is 0 Å². The molecule has 0 saturated carbocycles. The number of halogens is 2. The van der Waals surface area contributed by atoms with E-state index in [1.807, 2.05) is 4.90 Å². The quantitative estimate of drug-likeness (QED) is 0.808. The van der Waals surface area contributed by atoms with E-state index in [1.54, 1.807) is 7.11 Å².